The summed E-state index contributed by atoms with van der Waals surface area (Å²) < 4.78 is 0. The highest BCUT2D eigenvalue weighted by Gasteiger charge is 2.29. The van der Waals surface area contributed by atoms with Gasteiger partial charge >= 0.3 is 6.03 Å². The molecule has 1 aliphatic rings. The van der Waals surface area contributed by atoms with E-state index in [2.05, 4.69) is 10.5 Å². The summed E-state index contributed by atoms with van der Waals surface area (Å²) in [5.41, 5.74) is 8.64. The predicted octanol–water partition coefficient (Wildman–Crippen LogP) is -0.597. The number of rotatable bonds is 2. The molecule has 5 N–H and O–H groups in total. The van der Waals surface area contributed by atoms with Gasteiger partial charge in [-0.05, 0) is 18.2 Å². The number of anilines is 2. The SMILES string of the molecule is Nc1cccc(NN=C2C(=O)NC(=O)NC2=O)c1. The summed E-state index contributed by atoms with van der Waals surface area (Å²) in [7, 11) is 0. The fraction of sp³-hybridized carbons (Fsp3) is 0. The van der Waals surface area contributed by atoms with Crippen LogP contribution < -0.4 is 21.8 Å². The number of nitrogens with two attached hydrogens (primary N) is 1. The Balaban J connectivity index is 2.16. The van der Waals surface area contributed by atoms with E-state index >= 15 is 0 Å². The molecule has 18 heavy (non-hydrogen) atoms. The van der Waals surface area contributed by atoms with Gasteiger partial charge in [-0.2, -0.15) is 5.10 Å². The number of hydrogen-bond donors (Lipinski definition) is 4. The van der Waals surface area contributed by atoms with E-state index < -0.39 is 23.6 Å². The summed E-state index contributed by atoms with van der Waals surface area (Å²) in [6, 6.07) is 5.73. The zero-order chi connectivity index (χ0) is 13.1. The van der Waals surface area contributed by atoms with Crippen molar-refractivity contribution >= 4 is 34.9 Å². The summed E-state index contributed by atoms with van der Waals surface area (Å²) in [6.45, 7) is 0. The van der Waals surface area contributed by atoms with Crippen LogP contribution in [0.25, 0.3) is 0 Å². The van der Waals surface area contributed by atoms with E-state index in [4.69, 9.17) is 5.73 Å². The average molecular weight is 247 g/mol. The van der Waals surface area contributed by atoms with Gasteiger partial charge in [0.1, 0.15) is 0 Å². The molecule has 0 atom stereocenters. The number of carbonyl (C=O) groups excluding carboxylic acids is 3. The van der Waals surface area contributed by atoms with Gasteiger partial charge in [-0.1, -0.05) is 6.07 Å². The average Bonchev–Trinajstić information content (AvgIpc) is 2.27. The predicted molar refractivity (Wildman–Crippen MR) is 63.6 cm³/mol. The number of imide groups is 2. The third kappa shape index (κ3) is 2.43. The largest absolute Gasteiger partial charge is 0.399 e. The number of nitrogens with one attached hydrogen (secondary N) is 3. The van der Waals surface area contributed by atoms with Crippen LogP contribution in [0.15, 0.2) is 29.4 Å². The van der Waals surface area contributed by atoms with Crippen LogP contribution >= 0.6 is 0 Å². The Morgan fingerprint density at radius 3 is 2.39 bits per heavy atom. The zero-order valence-corrected chi connectivity index (χ0v) is 9.06. The molecular formula is C10H9N5O3. The van der Waals surface area contributed by atoms with Crippen molar-refractivity contribution in [1.82, 2.24) is 10.6 Å². The number of amides is 4. The van der Waals surface area contributed by atoms with Crippen LogP contribution in [-0.4, -0.2) is 23.6 Å². The fourth-order valence-corrected chi connectivity index (χ4v) is 1.29. The highest BCUT2D eigenvalue weighted by atomic mass is 16.2. The van der Waals surface area contributed by atoms with Crippen LogP contribution in [0, 0.1) is 0 Å². The molecule has 0 unspecified atom stereocenters. The fourth-order valence-electron chi connectivity index (χ4n) is 1.29. The molecule has 1 aromatic rings. The van der Waals surface area contributed by atoms with Gasteiger partial charge in [-0.15, -0.1) is 0 Å². The van der Waals surface area contributed by atoms with E-state index in [1.807, 2.05) is 10.6 Å². The van der Waals surface area contributed by atoms with Crippen LogP contribution in [0.1, 0.15) is 0 Å². The minimum absolute atomic E-state index is 0.433. The quantitative estimate of drug-likeness (QED) is 0.410. The molecule has 1 heterocycles. The number of urea groups is 1. The number of carbonyl (C=O) groups is 3. The van der Waals surface area contributed by atoms with Crippen molar-refractivity contribution in [2.45, 2.75) is 0 Å². The first-order valence-electron chi connectivity index (χ1n) is 4.92. The second kappa shape index (κ2) is 4.53. The van der Waals surface area contributed by atoms with Crippen LogP contribution in [-0.2, 0) is 9.59 Å². The van der Waals surface area contributed by atoms with Crippen molar-refractivity contribution in [2.75, 3.05) is 11.2 Å². The van der Waals surface area contributed by atoms with Gasteiger partial charge in [0.25, 0.3) is 11.8 Å². The van der Waals surface area contributed by atoms with E-state index in [0.29, 0.717) is 11.4 Å². The second-order valence-electron chi connectivity index (χ2n) is 3.44. The van der Waals surface area contributed by atoms with Gasteiger partial charge < -0.3 is 5.73 Å². The topological polar surface area (TPSA) is 126 Å². The summed E-state index contributed by atoms with van der Waals surface area (Å²) in [5, 5.41) is 7.43. The molecule has 1 saturated heterocycles. The van der Waals surface area contributed by atoms with Crippen LogP contribution in [0.2, 0.25) is 0 Å². The first-order valence-corrected chi connectivity index (χ1v) is 4.92. The lowest BCUT2D eigenvalue weighted by atomic mass is 10.3. The second-order valence-corrected chi connectivity index (χ2v) is 3.44. The Bertz CT molecular complexity index is 544. The number of hydrazone groups is 1. The first kappa shape index (κ1) is 11.6. The molecule has 92 valence electrons. The van der Waals surface area contributed by atoms with Gasteiger partial charge in [0, 0.05) is 5.69 Å². The Kier molecular flexibility index (Phi) is 2.92. The Morgan fingerprint density at radius 1 is 1.11 bits per heavy atom. The molecule has 8 heteroatoms. The monoisotopic (exact) mass is 247 g/mol. The minimum Gasteiger partial charge on any atom is -0.399 e. The van der Waals surface area contributed by atoms with E-state index in [1.54, 1.807) is 24.3 Å². The third-order valence-corrected chi connectivity index (χ3v) is 2.07. The molecule has 2 rings (SSSR count). The number of barbiturate groups is 1. The molecule has 1 aromatic carbocycles. The van der Waals surface area contributed by atoms with Crippen molar-refractivity contribution in [3.63, 3.8) is 0 Å². The van der Waals surface area contributed by atoms with E-state index in [-0.39, 0.29) is 0 Å². The Hall–Kier alpha value is -2.90. The lowest BCUT2D eigenvalue weighted by Gasteiger charge is -2.12. The maximum absolute atomic E-state index is 11.3. The zero-order valence-electron chi connectivity index (χ0n) is 9.06. The minimum atomic E-state index is -0.868. The van der Waals surface area contributed by atoms with Crippen LogP contribution in [0.4, 0.5) is 16.2 Å². The van der Waals surface area contributed by atoms with Gasteiger partial charge in [0.2, 0.25) is 5.71 Å². The molecular weight excluding hydrogens is 238 g/mol. The number of benzene rings is 1. The molecule has 1 fully saturated rings. The summed E-state index contributed by atoms with van der Waals surface area (Å²) in [6.07, 6.45) is 0. The van der Waals surface area contributed by atoms with Crippen molar-refractivity contribution < 1.29 is 14.4 Å². The Labute approximate surface area is 101 Å². The summed E-state index contributed by atoms with van der Waals surface area (Å²) >= 11 is 0. The highest BCUT2D eigenvalue weighted by molar-refractivity contribution is 6.68. The maximum Gasteiger partial charge on any atom is 0.328 e. The van der Waals surface area contributed by atoms with E-state index in [1.165, 1.54) is 0 Å². The van der Waals surface area contributed by atoms with Crippen molar-refractivity contribution in [2.24, 2.45) is 5.10 Å². The smallest absolute Gasteiger partial charge is 0.328 e. The van der Waals surface area contributed by atoms with Gasteiger partial charge in [-0.3, -0.25) is 25.6 Å². The highest BCUT2D eigenvalue weighted by Crippen LogP contribution is 2.11. The molecule has 0 saturated carbocycles. The number of hydrogen-bond acceptors (Lipinski definition) is 6. The van der Waals surface area contributed by atoms with E-state index in [0.717, 1.165) is 0 Å². The van der Waals surface area contributed by atoms with E-state index in [9.17, 15) is 14.4 Å². The molecule has 0 radical (unpaired) electrons. The maximum atomic E-state index is 11.3. The standard InChI is InChI=1S/C10H9N5O3/c11-5-2-1-3-6(4-5)14-15-7-8(16)12-10(18)13-9(7)17/h1-4,14H,11H2,(H2,12,13,16,17,18). The third-order valence-electron chi connectivity index (χ3n) is 2.07. The summed E-state index contributed by atoms with van der Waals surface area (Å²) in [5.74, 6) is -1.72. The normalized spacial score (nSPS) is 14.9. The molecule has 0 aromatic heterocycles. The number of nitrogens with zero attached hydrogens (tertiary/aromatic N) is 1. The molecule has 0 aliphatic carbocycles. The van der Waals surface area contributed by atoms with Gasteiger partial charge in [-0.25, -0.2) is 4.79 Å². The molecule has 4 amide bonds. The van der Waals surface area contributed by atoms with Crippen molar-refractivity contribution in [3.05, 3.63) is 24.3 Å². The van der Waals surface area contributed by atoms with Crippen LogP contribution in [0.3, 0.4) is 0 Å². The molecule has 8 nitrogen and oxygen atoms in total. The number of nitrogen functional groups attached to an aromatic ring is 1. The molecule has 0 spiro atoms. The lowest BCUT2D eigenvalue weighted by molar-refractivity contribution is -0.119. The van der Waals surface area contributed by atoms with Crippen molar-refractivity contribution in [3.8, 4) is 0 Å². The molecule has 0 bridgehead atoms. The van der Waals surface area contributed by atoms with Crippen molar-refractivity contribution in [1.29, 1.82) is 0 Å². The lowest BCUT2D eigenvalue weighted by Crippen LogP contribution is -2.56. The summed E-state index contributed by atoms with van der Waals surface area (Å²) in [4.78, 5) is 33.4. The first-order chi connectivity index (χ1) is 8.56. The Morgan fingerprint density at radius 2 is 1.78 bits per heavy atom. The van der Waals surface area contributed by atoms with Gasteiger partial charge in [0.15, 0.2) is 0 Å². The van der Waals surface area contributed by atoms with Crippen LogP contribution in [0.5, 0.6) is 0 Å². The van der Waals surface area contributed by atoms with Gasteiger partial charge in [0.05, 0.1) is 5.69 Å². The molecule has 1 aliphatic heterocycles.